The van der Waals surface area contributed by atoms with Gasteiger partial charge in [-0.1, -0.05) is 25.3 Å². The second-order valence-electron chi connectivity index (χ2n) is 8.27. The van der Waals surface area contributed by atoms with Gasteiger partial charge in [0.2, 0.25) is 0 Å². The fourth-order valence-corrected chi connectivity index (χ4v) is 4.84. The van der Waals surface area contributed by atoms with E-state index >= 15 is 0 Å². The van der Waals surface area contributed by atoms with Crippen LogP contribution in [0.15, 0.2) is 30.6 Å². The van der Waals surface area contributed by atoms with E-state index in [9.17, 15) is 10.1 Å². The average molecular weight is 391 g/mol. The third kappa shape index (κ3) is 3.51. The summed E-state index contributed by atoms with van der Waals surface area (Å²) in [6, 6.07) is 5.18. The lowest BCUT2D eigenvalue weighted by Crippen LogP contribution is -2.31. The maximum absolute atomic E-state index is 11.4. The number of aromatic amines is 1. The molecule has 0 amide bonds. The first kappa shape index (κ1) is 18.2. The fourth-order valence-electron chi connectivity index (χ4n) is 4.84. The van der Waals surface area contributed by atoms with Gasteiger partial charge in [-0.05, 0) is 24.5 Å². The molecule has 2 aromatic heterocycles. The molecule has 0 spiro atoms. The quantitative estimate of drug-likeness (QED) is 0.523. The van der Waals surface area contributed by atoms with E-state index in [1.807, 2.05) is 18.5 Å². The summed E-state index contributed by atoms with van der Waals surface area (Å²) in [5.41, 5.74) is 4.31. The maximum Gasteiger partial charge on any atom is 0.279 e. The number of aromatic nitrogens is 3. The Kier molecular flexibility index (Phi) is 4.75. The molecule has 0 saturated heterocycles. The second-order valence-corrected chi connectivity index (χ2v) is 8.27. The molecule has 0 atom stereocenters. The summed E-state index contributed by atoms with van der Waals surface area (Å²) < 4.78 is 0. The molecular formula is C22H25N5O2. The zero-order valence-electron chi connectivity index (χ0n) is 16.4. The lowest BCUT2D eigenvalue weighted by Gasteiger charge is -2.29. The number of nitrogens with zero attached hydrogens (tertiary/aromatic N) is 4. The summed E-state index contributed by atoms with van der Waals surface area (Å²) in [5.74, 6) is 1.56. The summed E-state index contributed by atoms with van der Waals surface area (Å²) in [6.45, 7) is 2.36. The number of rotatable bonds is 4. The second kappa shape index (κ2) is 7.55. The maximum atomic E-state index is 11.4. The van der Waals surface area contributed by atoms with Gasteiger partial charge in [0.15, 0.2) is 0 Å². The van der Waals surface area contributed by atoms with Crippen LogP contribution in [0.5, 0.6) is 0 Å². The van der Waals surface area contributed by atoms with Crippen molar-refractivity contribution in [3.63, 3.8) is 0 Å². The lowest BCUT2D eigenvalue weighted by molar-refractivity contribution is -0.383. The Morgan fingerprint density at radius 1 is 1.24 bits per heavy atom. The number of hydrogen-bond acceptors (Lipinski definition) is 5. The monoisotopic (exact) mass is 391 g/mol. The smallest absolute Gasteiger partial charge is 0.279 e. The topological polar surface area (TPSA) is 88.0 Å². The van der Waals surface area contributed by atoms with Crippen molar-refractivity contribution in [1.82, 2.24) is 19.9 Å². The van der Waals surface area contributed by atoms with E-state index in [-0.39, 0.29) is 10.6 Å². The number of nitro benzene ring substituents is 1. The third-order valence-corrected chi connectivity index (χ3v) is 6.36. The van der Waals surface area contributed by atoms with Gasteiger partial charge in [-0.2, -0.15) is 0 Å². The van der Waals surface area contributed by atoms with Crippen molar-refractivity contribution in [3.8, 4) is 0 Å². The minimum Gasteiger partial charge on any atom is -0.361 e. The van der Waals surface area contributed by atoms with Crippen LogP contribution in [0.4, 0.5) is 5.69 Å². The third-order valence-electron chi connectivity index (χ3n) is 6.36. The molecule has 29 heavy (non-hydrogen) atoms. The Bertz CT molecular complexity index is 1050. The summed E-state index contributed by atoms with van der Waals surface area (Å²) in [4.78, 5) is 26.3. The van der Waals surface area contributed by atoms with Gasteiger partial charge < -0.3 is 4.98 Å². The fraction of sp³-hybridized carbons (Fsp3) is 0.455. The van der Waals surface area contributed by atoms with Crippen LogP contribution in [-0.4, -0.2) is 31.3 Å². The van der Waals surface area contributed by atoms with Gasteiger partial charge in [0.05, 0.1) is 15.8 Å². The van der Waals surface area contributed by atoms with Crippen LogP contribution >= 0.6 is 0 Å². The highest BCUT2D eigenvalue weighted by molar-refractivity contribution is 5.91. The SMILES string of the molecule is O=[N+]([O-])c1cccc2[nH]cc(CN3CCc4nc(C5CCCCC5)ncc4C3)c12. The zero-order valence-corrected chi connectivity index (χ0v) is 16.4. The number of nitro groups is 1. The highest BCUT2D eigenvalue weighted by Gasteiger charge is 2.24. The highest BCUT2D eigenvalue weighted by atomic mass is 16.6. The van der Waals surface area contributed by atoms with Crippen LogP contribution in [0.1, 0.15) is 60.7 Å². The first-order chi connectivity index (χ1) is 14.2. The van der Waals surface area contributed by atoms with Crippen molar-refractivity contribution >= 4 is 16.6 Å². The molecule has 1 aliphatic heterocycles. The van der Waals surface area contributed by atoms with E-state index < -0.39 is 0 Å². The molecule has 0 bridgehead atoms. The number of fused-ring (bicyclic) bond motifs is 2. The molecule has 150 valence electrons. The van der Waals surface area contributed by atoms with Crippen molar-refractivity contribution in [2.24, 2.45) is 0 Å². The van der Waals surface area contributed by atoms with Gasteiger partial charge in [0.25, 0.3) is 5.69 Å². The molecule has 2 aliphatic rings. The molecule has 3 aromatic rings. The van der Waals surface area contributed by atoms with Crippen molar-refractivity contribution in [1.29, 1.82) is 0 Å². The zero-order chi connectivity index (χ0) is 19.8. The molecule has 1 aliphatic carbocycles. The van der Waals surface area contributed by atoms with Crippen LogP contribution in [0.3, 0.4) is 0 Å². The summed E-state index contributed by atoms with van der Waals surface area (Å²) in [5, 5.41) is 12.2. The predicted octanol–water partition coefficient (Wildman–Crippen LogP) is 4.47. The van der Waals surface area contributed by atoms with Crippen molar-refractivity contribution in [2.45, 2.75) is 57.5 Å². The molecule has 1 saturated carbocycles. The Labute approximate surface area is 169 Å². The van der Waals surface area contributed by atoms with Gasteiger partial charge in [0, 0.05) is 61.7 Å². The van der Waals surface area contributed by atoms with Crippen LogP contribution in [0.25, 0.3) is 10.9 Å². The lowest BCUT2D eigenvalue weighted by atomic mass is 9.88. The summed E-state index contributed by atoms with van der Waals surface area (Å²) >= 11 is 0. The molecule has 1 fully saturated rings. The van der Waals surface area contributed by atoms with E-state index in [2.05, 4.69) is 9.88 Å². The van der Waals surface area contributed by atoms with Crippen molar-refractivity contribution in [2.75, 3.05) is 6.54 Å². The molecular weight excluding hydrogens is 366 g/mol. The molecule has 7 nitrogen and oxygen atoms in total. The standard InChI is InChI=1S/C22H25N5O2/c28-27(29)20-8-4-7-19-21(20)17(12-23-19)14-26-10-9-18-16(13-26)11-24-22(25-18)15-5-2-1-3-6-15/h4,7-8,11-12,15,23H,1-3,5-6,9-10,13-14H2. The Hall–Kier alpha value is -2.80. The molecule has 0 radical (unpaired) electrons. The Morgan fingerprint density at radius 2 is 2.10 bits per heavy atom. The van der Waals surface area contributed by atoms with Crippen molar-refractivity contribution in [3.05, 3.63) is 63.4 Å². The van der Waals surface area contributed by atoms with Gasteiger partial charge in [-0.3, -0.25) is 15.0 Å². The first-order valence-corrected chi connectivity index (χ1v) is 10.5. The Balaban J connectivity index is 1.35. The largest absolute Gasteiger partial charge is 0.361 e. The first-order valence-electron chi connectivity index (χ1n) is 10.5. The van der Waals surface area contributed by atoms with E-state index in [0.717, 1.165) is 36.4 Å². The molecule has 1 N–H and O–H groups in total. The molecule has 7 heteroatoms. The molecule has 3 heterocycles. The molecule has 0 unspecified atom stereocenters. The van der Waals surface area contributed by atoms with Crippen LogP contribution < -0.4 is 0 Å². The highest BCUT2D eigenvalue weighted by Crippen LogP contribution is 2.32. The van der Waals surface area contributed by atoms with Crippen molar-refractivity contribution < 1.29 is 4.92 Å². The van der Waals surface area contributed by atoms with Crippen LogP contribution in [-0.2, 0) is 19.5 Å². The number of non-ortho nitro benzene ring substituents is 1. The van der Waals surface area contributed by atoms with Gasteiger partial charge in [-0.15, -0.1) is 0 Å². The van der Waals surface area contributed by atoms with Gasteiger partial charge in [-0.25, -0.2) is 9.97 Å². The summed E-state index contributed by atoms with van der Waals surface area (Å²) in [6.07, 6.45) is 11.1. The van der Waals surface area contributed by atoms with Gasteiger partial charge in [0.1, 0.15) is 5.82 Å². The predicted molar refractivity (Wildman–Crippen MR) is 111 cm³/mol. The minimum atomic E-state index is -0.300. The normalized spacial score (nSPS) is 18.1. The number of H-pyrrole nitrogens is 1. The minimum absolute atomic E-state index is 0.164. The van der Waals surface area contributed by atoms with E-state index in [1.165, 1.54) is 43.4 Å². The number of benzene rings is 1. The number of nitrogens with one attached hydrogen (secondary N) is 1. The van der Waals surface area contributed by atoms with Crippen LogP contribution in [0.2, 0.25) is 0 Å². The average Bonchev–Trinajstić information content (AvgIpc) is 3.17. The summed E-state index contributed by atoms with van der Waals surface area (Å²) in [7, 11) is 0. The molecule has 5 rings (SSSR count). The van der Waals surface area contributed by atoms with Crippen LogP contribution in [0, 0.1) is 10.1 Å². The number of hydrogen-bond donors (Lipinski definition) is 1. The van der Waals surface area contributed by atoms with E-state index in [4.69, 9.17) is 9.97 Å². The molecule has 1 aromatic carbocycles. The van der Waals surface area contributed by atoms with Gasteiger partial charge >= 0.3 is 0 Å². The van der Waals surface area contributed by atoms with E-state index in [1.54, 1.807) is 12.1 Å². The Morgan fingerprint density at radius 3 is 2.93 bits per heavy atom. The van der Waals surface area contributed by atoms with E-state index in [0.29, 0.717) is 17.8 Å².